The first-order chi connectivity index (χ1) is 8.58. The van der Waals surface area contributed by atoms with Crippen LogP contribution in [0.25, 0.3) is 0 Å². The van der Waals surface area contributed by atoms with Crippen LogP contribution >= 0.6 is 15.9 Å². The number of carbonyl (C=O) groups excluding carboxylic acids is 1. The second kappa shape index (κ2) is 5.09. The van der Waals surface area contributed by atoms with Gasteiger partial charge in [0, 0.05) is 6.07 Å². The van der Waals surface area contributed by atoms with Gasteiger partial charge in [-0.25, -0.2) is 9.49 Å². The van der Waals surface area contributed by atoms with Crippen LogP contribution in [0.4, 0.5) is 10.2 Å². The Labute approximate surface area is 109 Å². The highest BCUT2D eigenvalue weighted by atomic mass is 79.9. The molecular weight excluding hydrogens is 305 g/mol. The highest BCUT2D eigenvalue weighted by Gasteiger charge is 2.14. The van der Waals surface area contributed by atoms with Crippen molar-refractivity contribution in [3.8, 4) is 0 Å². The molecule has 0 unspecified atom stereocenters. The van der Waals surface area contributed by atoms with Crippen LogP contribution < -0.4 is 10.9 Å². The Bertz CT molecular complexity index is 636. The zero-order valence-electron chi connectivity index (χ0n) is 8.91. The molecule has 0 saturated carbocycles. The maximum absolute atomic E-state index is 13.6. The van der Waals surface area contributed by atoms with E-state index in [9.17, 15) is 14.0 Å². The van der Waals surface area contributed by atoms with Gasteiger partial charge in [-0.15, -0.1) is 0 Å². The second-order valence-corrected chi connectivity index (χ2v) is 4.22. The van der Waals surface area contributed by atoms with Gasteiger partial charge in [0.2, 0.25) is 0 Å². The van der Waals surface area contributed by atoms with Crippen LogP contribution in [0.5, 0.6) is 0 Å². The zero-order valence-corrected chi connectivity index (χ0v) is 10.5. The Kier molecular flexibility index (Phi) is 3.52. The van der Waals surface area contributed by atoms with Gasteiger partial charge in [0.05, 0.1) is 10.0 Å². The smallest absolute Gasteiger partial charge is 0.264 e. The fourth-order valence-electron chi connectivity index (χ4n) is 1.28. The number of aromatic amines is 1. The van der Waals surface area contributed by atoms with Crippen molar-refractivity contribution in [2.24, 2.45) is 0 Å². The Balaban J connectivity index is 2.24. The number of anilines is 1. The summed E-state index contributed by atoms with van der Waals surface area (Å²) in [6.07, 6.45) is 0. The SMILES string of the molecule is O=C(Nc1ccc(=O)[nH]n1)c1cccc(Br)c1F. The highest BCUT2D eigenvalue weighted by Crippen LogP contribution is 2.19. The van der Waals surface area contributed by atoms with Gasteiger partial charge in [-0.05, 0) is 34.1 Å². The fourth-order valence-corrected chi connectivity index (χ4v) is 1.64. The number of nitrogens with one attached hydrogen (secondary N) is 2. The molecule has 7 heteroatoms. The molecule has 0 bridgehead atoms. The summed E-state index contributed by atoms with van der Waals surface area (Å²) in [6, 6.07) is 6.92. The first-order valence-corrected chi connectivity index (χ1v) is 5.68. The Hall–Kier alpha value is -2.02. The van der Waals surface area contributed by atoms with E-state index in [-0.39, 0.29) is 21.4 Å². The van der Waals surface area contributed by atoms with Crippen molar-refractivity contribution in [2.75, 3.05) is 5.32 Å². The van der Waals surface area contributed by atoms with E-state index in [2.05, 4.69) is 31.4 Å². The van der Waals surface area contributed by atoms with E-state index in [1.165, 1.54) is 24.3 Å². The molecule has 18 heavy (non-hydrogen) atoms. The molecule has 0 spiro atoms. The molecule has 0 radical (unpaired) electrons. The maximum atomic E-state index is 13.6. The third-order valence-electron chi connectivity index (χ3n) is 2.12. The first kappa shape index (κ1) is 12.4. The normalized spacial score (nSPS) is 10.1. The first-order valence-electron chi connectivity index (χ1n) is 4.89. The molecule has 92 valence electrons. The molecule has 2 N–H and O–H groups in total. The quantitative estimate of drug-likeness (QED) is 0.890. The molecule has 2 aromatic rings. The largest absolute Gasteiger partial charge is 0.305 e. The molecule has 2 rings (SSSR count). The fraction of sp³-hybridized carbons (Fsp3) is 0. The number of hydrogen-bond acceptors (Lipinski definition) is 3. The summed E-state index contributed by atoms with van der Waals surface area (Å²) < 4.78 is 13.8. The summed E-state index contributed by atoms with van der Waals surface area (Å²) in [7, 11) is 0. The topological polar surface area (TPSA) is 74.8 Å². The summed E-state index contributed by atoms with van der Waals surface area (Å²) in [6.45, 7) is 0. The summed E-state index contributed by atoms with van der Waals surface area (Å²) in [5.74, 6) is -1.16. The van der Waals surface area contributed by atoms with Crippen molar-refractivity contribution in [2.45, 2.75) is 0 Å². The predicted molar refractivity (Wildman–Crippen MR) is 66.9 cm³/mol. The summed E-state index contributed by atoms with van der Waals surface area (Å²) >= 11 is 2.99. The molecule has 0 aliphatic rings. The molecule has 0 fully saturated rings. The lowest BCUT2D eigenvalue weighted by molar-refractivity contribution is 0.102. The number of nitrogens with zero attached hydrogens (tertiary/aromatic N) is 1. The number of hydrogen-bond donors (Lipinski definition) is 2. The summed E-state index contributed by atoms with van der Waals surface area (Å²) in [5, 5.41) is 8.12. The number of amides is 1. The second-order valence-electron chi connectivity index (χ2n) is 3.36. The highest BCUT2D eigenvalue weighted by molar-refractivity contribution is 9.10. The van der Waals surface area contributed by atoms with Crippen molar-refractivity contribution >= 4 is 27.7 Å². The molecule has 1 heterocycles. The summed E-state index contributed by atoms with van der Waals surface area (Å²) in [5.41, 5.74) is -0.501. The van der Waals surface area contributed by atoms with Gasteiger partial charge in [-0.1, -0.05) is 6.07 Å². The molecule has 0 saturated heterocycles. The van der Waals surface area contributed by atoms with Gasteiger partial charge in [0.25, 0.3) is 11.5 Å². The van der Waals surface area contributed by atoms with Gasteiger partial charge in [-0.3, -0.25) is 9.59 Å². The molecule has 5 nitrogen and oxygen atoms in total. The summed E-state index contributed by atoms with van der Waals surface area (Å²) in [4.78, 5) is 22.5. The van der Waals surface area contributed by atoms with Crippen LogP contribution in [-0.2, 0) is 0 Å². The number of rotatable bonds is 2. The van der Waals surface area contributed by atoms with Crippen LogP contribution in [0.2, 0.25) is 0 Å². The average molecular weight is 312 g/mol. The van der Waals surface area contributed by atoms with Gasteiger partial charge >= 0.3 is 0 Å². The van der Waals surface area contributed by atoms with Crippen LogP contribution in [0, 0.1) is 5.82 Å². The maximum Gasteiger partial charge on any atom is 0.264 e. The van der Waals surface area contributed by atoms with E-state index < -0.39 is 11.7 Å². The lowest BCUT2D eigenvalue weighted by Crippen LogP contribution is -2.17. The van der Waals surface area contributed by atoms with Crippen LogP contribution in [0.15, 0.2) is 39.6 Å². The van der Waals surface area contributed by atoms with Gasteiger partial charge in [-0.2, -0.15) is 5.10 Å². The average Bonchev–Trinajstić information content (AvgIpc) is 2.35. The number of benzene rings is 1. The minimum atomic E-state index is -0.653. The minimum absolute atomic E-state index is 0.114. The van der Waals surface area contributed by atoms with Crippen LogP contribution in [0.3, 0.4) is 0 Å². The van der Waals surface area contributed by atoms with Crippen molar-refractivity contribution in [1.29, 1.82) is 0 Å². The Morgan fingerprint density at radius 1 is 1.33 bits per heavy atom. The molecule has 0 atom stereocenters. The van der Waals surface area contributed by atoms with E-state index in [1.54, 1.807) is 6.07 Å². The standard InChI is InChI=1S/C11H7BrFN3O2/c12-7-3-1-2-6(10(7)13)11(18)14-8-4-5-9(17)16-15-8/h1-5H,(H,16,17)(H,14,15,18). The number of carbonyl (C=O) groups is 1. The van der Waals surface area contributed by atoms with Crippen molar-refractivity contribution in [3.05, 3.63) is 56.5 Å². The molecular formula is C11H7BrFN3O2. The zero-order chi connectivity index (χ0) is 13.1. The van der Waals surface area contributed by atoms with Crippen molar-refractivity contribution in [3.63, 3.8) is 0 Å². The van der Waals surface area contributed by atoms with E-state index in [1.807, 2.05) is 0 Å². The predicted octanol–water partition coefficient (Wildman–Crippen LogP) is 1.92. The van der Waals surface area contributed by atoms with Crippen molar-refractivity contribution < 1.29 is 9.18 Å². The van der Waals surface area contributed by atoms with E-state index in [0.717, 1.165) is 0 Å². The van der Waals surface area contributed by atoms with Gasteiger partial charge in [0.1, 0.15) is 5.82 Å². The number of H-pyrrole nitrogens is 1. The Morgan fingerprint density at radius 2 is 2.11 bits per heavy atom. The lowest BCUT2D eigenvalue weighted by Gasteiger charge is -2.05. The number of halogens is 2. The number of aromatic nitrogens is 2. The van der Waals surface area contributed by atoms with Crippen molar-refractivity contribution in [1.82, 2.24) is 10.2 Å². The van der Waals surface area contributed by atoms with E-state index in [0.29, 0.717) is 0 Å². The third-order valence-corrected chi connectivity index (χ3v) is 2.73. The molecule has 0 aliphatic carbocycles. The van der Waals surface area contributed by atoms with E-state index >= 15 is 0 Å². The van der Waals surface area contributed by atoms with Crippen LogP contribution in [0.1, 0.15) is 10.4 Å². The van der Waals surface area contributed by atoms with Gasteiger partial charge < -0.3 is 5.32 Å². The van der Waals surface area contributed by atoms with Gasteiger partial charge in [0.15, 0.2) is 5.82 Å². The molecule has 0 aliphatic heterocycles. The Morgan fingerprint density at radius 3 is 2.78 bits per heavy atom. The molecule has 1 aromatic carbocycles. The third kappa shape index (κ3) is 2.62. The molecule has 1 aromatic heterocycles. The molecule has 1 amide bonds. The minimum Gasteiger partial charge on any atom is -0.305 e. The van der Waals surface area contributed by atoms with Crippen LogP contribution in [-0.4, -0.2) is 16.1 Å². The lowest BCUT2D eigenvalue weighted by atomic mass is 10.2. The van der Waals surface area contributed by atoms with E-state index in [4.69, 9.17) is 0 Å². The monoisotopic (exact) mass is 311 g/mol.